The van der Waals surface area contributed by atoms with Crippen LogP contribution in [0.1, 0.15) is 17.5 Å². The smallest absolute Gasteiger partial charge is 0.241 e. The highest BCUT2D eigenvalue weighted by molar-refractivity contribution is 5.94. The van der Waals surface area contributed by atoms with E-state index in [1.165, 1.54) is 12.1 Å². The van der Waals surface area contributed by atoms with Crippen molar-refractivity contribution in [2.45, 2.75) is 19.4 Å². The van der Waals surface area contributed by atoms with Crippen molar-refractivity contribution in [1.29, 1.82) is 0 Å². The van der Waals surface area contributed by atoms with Crippen LogP contribution in [0.4, 0.5) is 15.8 Å². The summed E-state index contributed by atoms with van der Waals surface area (Å²) in [6, 6.07) is 11.8. The molecule has 0 unspecified atom stereocenters. The minimum Gasteiger partial charge on any atom is -0.376 e. The number of hydrogen-bond acceptors (Lipinski definition) is 3. The van der Waals surface area contributed by atoms with Gasteiger partial charge in [0.2, 0.25) is 11.8 Å². The summed E-state index contributed by atoms with van der Waals surface area (Å²) in [6.07, 6.45) is 1.24. The molecule has 1 heterocycles. The molecule has 0 aliphatic carbocycles. The quantitative estimate of drug-likeness (QED) is 0.879. The van der Waals surface area contributed by atoms with Crippen LogP contribution in [0.15, 0.2) is 42.5 Å². The topological polar surface area (TPSA) is 61.4 Å². The van der Waals surface area contributed by atoms with Crippen molar-refractivity contribution in [3.05, 3.63) is 59.4 Å². The Balaban J connectivity index is 1.55. The molecule has 0 bridgehead atoms. The van der Waals surface area contributed by atoms with Gasteiger partial charge in [-0.3, -0.25) is 9.59 Å². The molecule has 5 nitrogen and oxygen atoms in total. The SMILES string of the molecule is CN(Cc1ccc(F)cc1)C(=O)CNc1ccc2c(c1)NC(=O)CC2. The van der Waals surface area contributed by atoms with Gasteiger partial charge in [0.05, 0.1) is 6.54 Å². The summed E-state index contributed by atoms with van der Waals surface area (Å²) in [5.41, 5.74) is 3.55. The van der Waals surface area contributed by atoms with E-state index >= 15 is 0 Å². The Bertz CT molecular complexity index is 790. The van der Waals surface area contributed by atoms with Gasteiger partial charge in [0.25, 0.3) is 0 Å². The molecule has 2 aromatic carbocycles. The van der Waals surface area contributed by atoms with Gasteiger partial charge in [0.15, 0.2) is 0 Å². The number of amides is 2. The predicted octanol–water partition coefficient (Wildman–Crippen LogP) is 2.78. The van der Waals surface area contributed by atoms with Crippen molar-refractivity contribution < 1.29 is 14.0 Å². The van der Waals surface area contributed by atoms with Gasteiger partial charge in [-0.15, -0.1) is 0 Å². The van der Waals surface area contributed by atoms with Gasteiger partial charge >= 0.3 is 0 Å². The Morgan fingerprint density at radius 1 is 1.20 bits per heavy atom. The second-order valence-corrected chi connectivity index (χ2v) is 6.15. The Kier molecular flexibility index (Phi) is 4.97. The molecular formula is C19H20FN3O2. The number of carbonyl (C=O) groups is 2. The van der Waals surface area contributed by atoms with E-state index in [9.17, 15) is 14.0 Å². The van der Waals surface area contributed by atoms with Gasteiger partial charge in [-0.25, -0.2) is 4.39 Å². The molecule has 3 rings (SSSR count). The van der Waals surface area contributed by atoms with Crippen LogP contribution in [0.2, 0.25) is 0 Å². The number of benzene rings is 2. The van der Waals surface area contributed by atoms with Crippen LogP contribution in [0, 0.1) is 5.82 Å². The summed E-state index contributed by atoms with van der Waals surface area (Å²) in [6.45, 7) is 0.561. The fourth-order valence-corrected chi connectivity index (χ4v) is 2.75. The van der Waals surface area contributed by atoms with E-state index in [1.807, 2.05) is 18.2 Å². The fourth-order valence-electron chi connectivity index (χ4n) is 2.75. The molecule has 0 aromatic heterocycles. The highest BCUT2D eigenvalue weighted by Crippen LogP contribution is 2.25. The number of likely N-dealkylation sites (N-methyl/N-ethyl adjacent to an activating group) is 1. The Morgan fingerprint density at radius 3 is 2.72 bits per heavy atom. The van der Waals surface area contributed by atoms with E-state index in [1.54, 1.807) is 24.1 Å². The number of nitrogens with zero attached hydrogens (tertiary/aromatic N) is 1. The maximum Gasteiger partial charge on any atom is 0.241 e. The number of halogens is 1. The van der Waals surface area contributed by atoms with Gasteiger partial charge < -0.3 is 15.5 Å². The van der Waals surface area contributed by atoms with Crippen molar-refractivity contribution in [3.63, 3.8) is 0 Å². The summed E-state index contributed by atoms with van der Waals surface area (Å²) < 4.78 is 12.9. The average Bonchev–Trinajstić information content (AvgIpc) is 2.61. The normalized spacial score (nSPS) is 13.0. The molecular weight excluding hydrogens is 321 g/mol. The van der Waals surface area contributed by atoms with Crippen LogP contribution in [0.3, 0.4) is 0 Å². The number of aryl methyl sites for hydroxylation is 1. The molecule has 0 radical (unpaired) electrons. The minimum absolute atomic E-state index is 0.0137. The molecule has 6 heteroatoms. The number of rotatable bonds is 5. The van der Waals surface area contributed by atoms with Crippen LogP contribution in [-0.4, -0.2) is 30.3 Å². The predicted molar refractivity (Wildman–Crippen MR) is 94.8 cm³/mol. The molecule has 0 saturated heterocycles. The first-order valence-electron chi connectivity index (χ1n) is 8.16. The van der Waals surface area contributed by atoms with Gasteiger partial charge in [-0.1, -0.05) is 18.2 Å². The highest BCUT2D eigenvalue weighted by Gasteiger charge is 2.15. The third-order valence-corrected chi connectivity index (χ3v) is 4.21. The molecule has 1 aliphatic rings. The zero-order valence-electron chi connectivity index (χ0n) is 14.0. The van der Waals surface area contributed by atoms with Crippen molar-refractivity contribution in [2.75, 3.05) is 24.2 Å². The monoisotopic (exact) mass is 341 g/mol. The molecule has 2 amide bonds. The van der Waals surface area contributed by atoms with E-state index in [0.29, 0.717) is 13.0 Å². The fraction of sp³-hybridized carbons (Fsp3) is 0.263. The van der Waals surface area contributed by atoms with E-state index in [2.05, 4.69) is 10.6 Å². The van der Waals surface area contributed by atoms with Crippen LogP contribution in [-0.2, 0) is 22.6 Å². The first kappa shape index (κ1) is 17.0. The van der Waals surface area contributed by atoms with Crippen LogP contribution in [0.5, 0.6) is 0 Å². The molecule has 25 heavy (non-hydrogen) atoms. The molecule has 0 fully saturated rings. The summed E-state index contributed by atoms with van der Waals surface area (Å²) in [4.78, 5) is 25.3. The molecule has 2 N–H and O–H groups in total. The highest BCUT2D eigenvalue weighted by atomic mass is 19.1. The Labute approximate surface area is 145 Å². The number of nitrogens with one attached hydrogen (secondary N) is 2. The van der Waals surface area contributed by atoms with E-state index < -0.39 is 0 Å². The van der Waals surface area contributed by atoms with Crippen molar-refractivity contribution >= 4 is 23.2 Å². The lowest BCUT2D eigenvalue weighted by molar-refractivity contribution is -0.128. The Morgan fingerprint density at radius 2 is 1.96 bits per heavy atom. The van der Waals surface area contributed by atoms with Crippen molar-refractivity contribution in [2.24, 2.45) is 0 Å². The van der Waals surface area contributed by atoms with Gasteiger partial charge in [-0.2, -0.15) is 0 Å². The molecule has 2 aromatic rings. The molecule has 0 atom stereocenters. The third kappa shape index (κ3) is 4.35. The number of anilines is 2. The summed E-state index contributed by atoms with van der Waals surface area (Å²) in [5.74, 6) is -0.357. The third-order valence-electron chi connectivity index (χ3n) is 4.21. The van der Waals surface area contributed by atoms with Crippen LogP contribution >= 0.6 is 0 Å². The number of fused-ring (bicyclic) bond motifs is 1. The lowest BCUT2D eigenvalue weighted by atomic mass is 10.0. The van der Waals surface area contributed by atoms with Crippen LogP contribution in [0.25, 0.3) is 0 Å². The van der Waals surface area contributed by atoms with E-state index in [-0.39, 0.29) is 24.2 Å². The maximum absolute atomic E-state index is 12.9. The number of carbonyl (C=O) groups excluding carboxylic acids is 2. The van der Waals surface area contributed by atoms with Crippen molar-refractivity contribution in [1.82, 2.24) is 4.90 Å². The van der Waals surface area contributed by atoms with Gasteiger partial charge in [0.1, 0.15) is 5.82 Å². The van der Waals surface area contributed by atoms with Gasteiger partial charge in [-0.05, 0) is 41.8 Å². The largest absolute Gasteiger partial charge is 0.376 e. The zero-order chi connectivity index (χ0) is 17.8. The first-order valence-corrected chi connectivity index (χ1v) is 8.16. The molecule has 0 saturated carbocycles. The second-order valence-electron chi connectivity index (χ2n) is 6.15. The standard InChI is InChI=1S/C19H20FN3O2/c1-23(12-13-2-6-15(20)7-3-13)19(25)11-21-16-8-4-14-5-9-18(24)22-17(14)10-16/h2-4,6-8,10,21H,5,9,11-12H2,1H3,(H,22,24). The van der Waals surface area contributed by atoms with Gasteiger partial charge in [0, 0.05) is 31.4 Å². The lowest BCUT2D eigenvalue weighted by Crippen LogP contribution is -2.31. The van der Waals surface area contributed by atoms with E-state index in [0.717, 1.165) is 28.9 Å². The number of hydrogen-bond donors (Lipinski definition) is 2. The average molecular weight is 341 g/mol. The summed E-state index contributed by atoms with van der Waals surface area (Å²) in [5, 5.41) is 5.93. The first-order chi connectivity index (χ1) is 12.0. The maximum atomic E-state index is 12.9. The van der Waals surface area contributed by atoms with Crippen LogP contribution < -0.4 is 10.6 Å². The van der Waals surface area contributed by atoms with E-state index in [4.69, 9.17) is 0 Å². The molecule has 1 aliphatic heterocycles. The summed E-state index contributed by atoms with van der Waals surface area (Å²) in [7, 11) is 1.71. The molecule has 0 spiro atoms. The lowest BCUT2D eigenvalue weighted by Gasteiger charge is -2.20. The Hall–Kier alpha value is -2.89. The second kappa shape index (κ2) is 7.34. The van der Waals surface area contributed by atoms with Crippen molar-refractivity contribution in [3.8, 4) is 0 Å². The minimum atomic E-state index is -0.293. The zero-order valence-corrected chi connectivity index (χ0v) is 14.0. The summed E-state index contributed by atoms with van der Waals surface area (Å²) >= 11 is 0. The molecule has 130 valence electrons.